The maximum Gasteiger partial charge on any atom is 0.321 e. The quantitative estimate of drug-likeness (QED) is 0.724. The number of rotatable bonds is 8. The van der Waals surface area contributed by atoms with E-state index in [0.717, 1.165) is 19.3 Å². The van der Waals surface area contributed by atoms with Crippen molar-refractivity contribution in [1.82, 2.24) is 4.90 Å². The van der Waals surface area contributed by atoms with Crippen LogP contribution in [0.25, 0.3) is 0 Å². The number of anilines is 1. The number of urea groups is 1. The monoisotopic (exact) mass is 312 g/mol. The molecular weight excluding hydrogens is 288 g/mol. The molecule has 1 unspecified atom stereocenters. The molecule has 0 spiro atoms. The molecule has 2 N–H and O–H groups in total. The number of nitrogens with zero attached hydrogens (tertiary/aromatic N) is 1. The third-order valence-electron chi connectivity index (χ3n) is 3.11. The molecule has 0 aliphatic carbocycles. The topological polar surface area (TPSA) is 69.6 Å². The average Bonchev–Trinajstić information content (AvgIpc) is 2.46. The molecule has 0 heterocycles. The smallest absolute Gasteiger partial charge is 0.321 e. The largest absolute Gasteiger partial charge is 0.395 e. The molecule has 2 amide bonds. The number of aliphatic hydroxyl groups is 1. The van der Waals surface area contributed by atoms with Gasteiger partial charge in [-0.25, -0.2) is 4.79 Å². The molecule has 1 aromatic rings. The summed E-state index contributed by atoms with van der Waals surface area (Å²) >= 11 is 0. The lowest BCUT2D eigenvalue weighted by Crippen LogP contribution is -2.37. The Balaban J connectivity index is 2.67. The van der Waals surface area contributed by atoms with E-state index in [4.69, 9.17) is 5.11 Å². The van der Waals surface area contributed by atoms with Crippen LogP contribution in [0, 0.1) is 0 Å². The zero-order valence-corrected chi connectivity index (χ0v) is 13.5. The first-order valence-electron chi connectivity index (χ1n) is 7.18. The van der Waals surface area contributed by atoms with Gasteiger partial charge in [0, 0.05) is 40.7 Å². The van der Waals surface area contributed by atoms with E-state index in [0.29, 0.717) is 23.7 Å². The number of unbranched alkanes of at least 4 members (excludes halogenated alkanes) is 2. The van der Waals surface area contributed by atoms with E-state index in [1.54, 1.807) is 35.4 Å². The minimum absolute atomic E-state index is 0.0570. The fourth-order valence-corrected chi connectivity index (χ4v) is 2.51. The molecule has 0 saturated heterocycles. The summed E-state index contributed by atoms with van der Waals surface area (Å²) in [5.41, 5.74) is 0.617. The summed E-state index contributed by atoms with van der Waals surface area (Å²) < 4.78 is 11.4. The van der Waals surface area contributed by atoms with E-state index in [1.807, 2.05) is 0 Å². The van der Waals surface area contributed by atoms with Gasteiger partial charge < -0.3 is 15.3 Å². The Morgan fingerprint density at radius 1 is 1.33 bits per heavy atom. The van der Waals surface area contributed by atoms with E-state index >= 15 is 0 Å². The maximum absolute atomic E-state index is 12.2. The van der Waals surface area contributed by atoms with Gasteiger partial charge in [0.1, 0.15) is 0 Å². The number of hydrogen-bond donors (Lipinski definition) is 2. The van der Waals surface area contributed by atoms with Crippen molar-refractivity contribution in [1.29, 1.82) is 0 Å². The fraction of sp³-hybridized carbons (Fsp3) is 0.533. The third-order valence-corrected chi connectivity index (χ3v) is 4.02. The number of aliphatic hydroxyl groups excluding tert-OH is 1. The number of carbonyl (C=O) groups is 1. The number of benzene rings is 1. The van der Waals surface area contributed by atoms with Gasteiger partial charge in [-0.15, -0.1) is 0 Å². The summed E-state index contributed by atoms with van der Waals surface area (Å²) in [5, 5.41) is 11.9. The average molecular weight is 312 g/mol. The Hall–Kier alpha value is -1.40. The van der Waals surface area contributed by atoms with Crippen LogP contribution in [0.1, 0.15) is 26.2 Å². The number of amides is 2. The highest BCUT2D eigenvalue weighted by atomic mass is 32.2. The predicted octanol–water partition coefficient (Wildman–Crippen LogP) is 2.44. The lowest BCUT2D eigenvalue weighted by molar-refractivity contribution is 0.187. The number of nitrogens with one attached hydrogen (secondary N) is 1. The Bertz CT molecular complexity index is 480. The van der Waals surface area contributed by atoms with Crippen molar-refractivity contribution in [2.45, 2.75) is 31.1 Å². The van der Waals surface area contributed by atoms with Gasteiger partial charge in [0.05, 0.1) is 6.61 Å². The van der Waals surface area contributed by atoms with Gasteiger partial charge in [-0.3, -0.25) is 4.21 Å². The minimum Gasteiger partial charge on any atom is -0.395 e. The van der Waals surface area contributed by atoms with Gasteiger partial charge in [-0.2, -0.15) is 0 Å². The Labute approximate surface area is 128 Å². The van der Waals surface area contributed by atoms with Crippen LogP contribution in [0.5, 0.6) is 0 Å². The second-order valence-electron chi connectivity index (χ2n) is 4.83. The van der Waals surface area contributed by atoms with E-state index < -0.39 is 10.8 Å². The third kappa shape index (κ3) is 6.27. The molecule has 0 saturated carbocycles. The fourth-order valence-electron chi connectivity index (χ4n) is 1.94. The van der Waals surface area contributed by atoms with Crippen molar-refractivity contribution in [2.24, 2.45) is 0 Å². The van der Waals surface area contributed by atoms with Gasteiger partial charge in [-0.1, -0.05) is 25.8 Å². The Morgan fingerprint density at radius 3 is 2.71 bits per heavy atom. The van der Waals surface area contributed by atoms with Crippen LogP contribution in [0.3, 0.4) is 0 Å². The summed E-state index contributed by atoms with van der Waals surface area (Å²) in [4.78, 5) is 14.5. The molecular formula is C15H24N2O3S. The second kappa shape index (κ2) is 9.52. The Kier molecular flexibility index (Phi) is 8.00. The van der Waals surface area contributed by atoms with Gasteiger partial charge in [0.25, 0.3) is 0 Å². The van der Waals surface area contributed by atoms with Gasteiger partial charge >= 0.3 is 6.03 Å². The van der Waals surface area contributed by atoms with Crippen LogP contribution in [-0.2, 0) is 10.8 Å². The first-order chi connectivity index (χ1) is 10.1. The summed E-state index contributed by atoms with van der Waals surface area (Å²) in [6.45, 7) is 2.99. The summed E-state index contributed by atoms with van der Waals surface area (Å²) in [6.07, 6.45) is 4.66. The maximum atomic E-state index is 12.2. The molecule has 5 nitrogen and oxygen atoms in total. The SMILES string of the molecule is CCCCCN(CCO)C(=O)Nc1cccc(S(C)=O)c1. The van der Waals surface area contributed by atoms with Crippen molar-refractivity contribution in [2.75, 3.05) is 31.3 Å². The van der Waals surface area contributed by atoms with Crippen LogP contribution in [-0.4, -0.2) is 46.2 Å². The molecule has 0 radical (unpaired) electrons. The molecule has 118 valence electrons. The van der Waals surface area contributed by atoms with Crippen molar-refractivity contribution < 1.29 is 14.1 Å². The van der Waals surface area contributed by atoms with Crippen molar-refractivity contribution in [3.05, 3.63) is 24.3 Å². The van der Waals surface area contributed by atoms with E-state index in [1.165, 1.54) is 0 Å². The second-order valence-corrected chi connectivity index (χ2v) is 6.21. The Morgan fingerprint density at radius 2 is 2.10 bits per heavy atom. The molecule has 0 aliphatic heterocycles. The molecule has 6 heteroatoms. The molecule has 1 rings (SSSR count). The molecule has 1 aromatic carbocycles. The van der Waals surface area contributed by atoms with Crippen LogP contribution < -0.4 is 5.32 Å². The van der Waals surface area contributed by atoms with Crippen LogP contribution >= 0.6 is 0 Å². The molecule has 0 bridgehead atoms. The number of carbonyl (C=O) groups excluding carboxylic acids is 1. The molecule has 0 aromatic heterocycles. The minimum atomic E-state index is -1.08. The summed E-state index contributed by atoms with van der Waals surface area (Å²) in [7, 11) is -1.08. The van der Waals surface area contributed by atoms with E-state index in [9.17, 15) is 9.00 Å². The van der Waals surface area contributed by atoms with Gasteiger partial charge in [-0.05, 0) is 24.6 Å². The zero-order valence-electron chi connectivity index (χ0n) is 12.7. The van der Waals surface area contributed by atoms with Gasteiger partial charge in [0.15, 0.2) is 0 Å². The van der Waals surface area contributed by atoms with E-state index in [2.05, 4.69) is 12.2 Å². The van der Waals surface area contributed by atoms with Crippen LogP contribution in [0.4, 0.5) is 10.5 Å². The normalized spacial score (nSPS) is 12.0. The molecule has 0 fully saturated rings. The first-order valence-corrected chi connectivity index (χ1v) is 8.74. The molecule has 0 aliphatic rings. The van der Waals surface area contributed by atoms with Crippen LogP contribution in [0.15, 0.2) is 29.2 Å². The van der Waals surface area contributed by atoms with Crippen LogP contribution in [0.2, 0.25) is 0 Å². The van der Waals surface area contributed by atoms with E-state index in [-0.39, 0.29) is 12.6 Å². The first kappa shape index (κ1) is 17.7. The number of hydrogen-bond acceptors (Lipinski definition) is 3. The van der Waals surface area contributed by atoms with Gasteiger partial charge in [0.2, 0.25) is 0 Å². The molecule has 1 atom stereocenters. The molecule has 21 heavy (non-hydrogen) atoms. The highest BCUT2D eigenvalue weighted by Crippen LogP contribution is 2.14. The zero-order chi connectivity index (χ0) is 15.7. The lowest BCUT2D eigenvalue weighted by atomic mass is 10.2. The highest BCUT2D eigenvalue weighted by Gasteiger charge is 2.13. The summed E-state index contributed by atoms with van der Waals surface area (Å²) in [5.74, 6) is 0. The standard InChI is InChI=1S/C15H24N2O3S/c1-3-4-5-9-17(10-11-18)15(19)16-13-7-6-8-14(12-13)21(2)20/h6-8,12,18H,3-5,9-11H2,1-2H3,(H,16,19). The van der Waals surface area contributed by atoms with Crippen molar-refractivity contribution in [3.8, 4) is 0 Å². The predicted molar refractivity (Wildman–Crippen MR) is 86.0 cm³/mol. The van der Waals surface area contributed by atoms with Crippen molar-refractivity contribution in [3.63, 3.8) is 0 Å². The van der Waals surface area contributed by atoms with Crippen molar-refractivity contribution >= 4 is 22.5 Å². The summed E-state index contributed by atoms with van der Waals surface area (Å²) in [6, 6.07) is 6.76. The lowest BCUT2D eigenvalue weighted by Gasteiger charge is -2.22. The highest BCUT2D eigenvalue weighted by molar-refractivity contribution is 7.84.